The maximum atomic E-state index is 9.10. The van der Waals surface area contributed by atoms with E-state index in [1.165, 1.54) is 51.4 Å². The fourth-order valence-electron chi connectivity index (χ4n) is 4.30. The van der Waals surface area contributed by atoms with E-state index < -0.39 is 11.9 Å². The number of nitrogens with two attached hydrogens (primary N) is 2. The summed E-state index contributed by atoms with van der Waals surface area (Å²) >= 11 is 0. The molecule has 4 aliphatic rings. The number of hydrogen-bond donors (Lipinski definition) is 4. The molecule has 26 heavy (non-hydrogen) atoms. The molecule has 4 fully saturated rings. The van der Waals surface area contributed by atoms with Gasteiger partial charge in [-0.15, -0.1) is 0 Å². The first-order valence-electron chi connectivity index (χ1n) is 9.39. The van der Waals surface area contributed by atoms with Crippen LogP contribution in [0.2, 0.25) is 0 Å². The van der Waals surface area contributed by atoms with E-state index in [1.54, 1.807) is 0 Å². The van der Waals surface area contributed by atoms with Gasteiger partial charge >= 0.3 is 11.9 Å². The Balaban J connectivity index is 0.000000146. The Labute approximate surface area is 154 Å². The molecule has 0 bridgehead atoms. The highest BCUT2D eigenvalue weighted by Crippen LogP contribution is 2.42. The summed E-state index contributed by atoms with van der Waals surface area (Å²) in [6, 6.07) is 0.912. The highest BCUT2D eigenvalue weighted by atomic mass is 16.5. The van der Waals surface area contributed by atoms with Crippen molar-refractivity contribution in [2.45, 2.75) is 63.5 Å². The van der Waals surface area contributed by atoms with E-state index in [2.05, 4.69) is 0 Å². The Morgan fingerprint density at radius 3 is 1.27 bits per heavy atom. The number of carboxylic acids is 2. The van der Waals surface area contributed by atoms with Crippen LogP contribution in [0.4, 0.5) is 0 Å². The van der Waals surface area contributed by atoms with Gasteiger partial charge in [-0.25, -0.2) is 9.59 Å². The first-order chi connectivity index (χ1) is 12.3. The highest BCUT2D eigenvalue weighted by molar-refractivity contribution is 6.27. The molecule has 2 aliphatic carbocycles. The second-order valence-electron chi connectivity index (χ2n) is 8.31. The van der Waals surface area contributed by atoms with Crippen molar-refractivity contribution in [2.24, 2.45) is 22.3 Å². The van der Waals surface area contributed by atoms with Crippen molar-refractivity contribution in [3.63, 3.8) is 0 Å². The predicted molar refractivity (Wildman–Crippen MR) is 94.7 cm³/mol. The van der Waals surface area contributed by atoms with Gasteiger partial charge in [-0.2, -0.15) is 0 Å². The fourth-order valence-corrected chi connectivity index (χ4v) is 4.30. The summed E-state index contributed by atoms with van der Waals surface area (Å²) in [4.78, 5) is 18.2. The topological polar surface area (TPSA) is 145 Å². The van der Waals surface area contributed by atoms with Crippen molar-refractivity contribution in [1.29, 1.82) is 0 Å². The molecule has 0 aromatic rings. The lowest BCUT2D eigenvalue weighted by atomic mass is 9.71. The molecule has 2 saturated carbocycles. The molecule has 2 atom stereocenters. The van der Waals surface area contributed by atoms with Crippen LogP contribution in [0, 0.1) is 10.8 Å². The molecule has 8 nitrogen and oxygen atoms in total. The highest BCUT2D eigenvalue weighted by Gasteiger charge is 2.42. The largest absolute Gasteiger partial charge is 0.473 e. The van der Waals surface area contributed by atoms with Gasteiger partial charge in [0, 0.05) is 22.9 Å². The molecule has 8 heteroatoms. The third-order valence-corrected chi connectivity index (χ3v) is 5.77. The van der Waals surface area contributed by atoms with Crippen LogP contribution in [-0.4, -0.2) is 60.7 Å². The SMILES string of the molecule is NC1CCCC2(COC2)C1.NC1CCCC2(COC2)C1.O=C(O)C(=O)O. The van der Waals surface area contributed by atoms with E-state index in [1.807, 2.05) is 0 Å². The van der Waals surface area contributed by atoms with Gasteiger partial charge in [0.25, 0.3) is 0 Å². The molecule has 0 radical (unpaired) electrons. The van der Waals surface area contributed by atoms with Gasteiger partial charge in [-0.1, -0.05) is 12.8 Å². The Morgan fingerprint density at radius 2 is 1.12 bits per heavy atom. The Morgan fingerprint density at radius 1 is 0.769 bits per heavy atom. The van der Waals surface area contributed by atoms with Crippen molar-refractivity contribution in [3.05, 3.63) is 0 Å². The summed E-state index contributed by atoms with van der Waals surface area (Å²) in [5.41, 5.74) is 12.8. The molecule has 2 heterocycles. The normalized spacial score (nSPS) is 30.5. The van der Waals surface area contributed by atoms with Crippen LogP contribution in [0.3, 0.4) is 0 Å². The number of carbonyl (C=O) groups is 2. The molecule has 0 amide bonds. The Kier molecular flexibility index (Phi) is 7.40. The first-order valence-corrected chi connectivity index (χ1v) is 9.39. The number of ether oxygens (including phenoxy) is 2. The number of rotatable bonds is 0. The van der Waals surface area contributed by atoms with E-state index in [9.17, 15) is 0 Å². The molecule has 4 rings (SSSR count). The quantitative estimate of drug-likeness (QED) is 0.460. The van der Waals surface area contributed by atoms with Gasteiger partial charge in [-0.3, -0.25) is 0 Å². The van der Waals surface area contributed by atoms with Crippen LogP contribution in [0.5, 0.6) is 0 Å². The number of aliphatic carboxylic acids is 2. The van der Waals surface area contributed by atoms with E-state index in [-0.39, 0.29) is 0 Å². The zero-order chi connectivity index (χ0) is 19.2. The minimum atomic E-state index is -1.82. The molecule has 0 aromatic heterocycles. The van der Waals surface area contributed by atoms with Gasteiger partial charge < -0.3 is 31.2 Å². The Hall–Kier alpha value is -1.22. The molecule has 2 unspecified atom stereocenters. The van der Waals surface area contributed by atoms with Gasteiger partial charge in [-0.05, 0) is 38.5 Å². The van der Waals surface area contributed by atoms with E-state index in [0.717, 1.165) is 26.4 Å². The molecule has 2 saturated heterocycles. The van der Waals surface area contributed by atoms with Crippen LogP contribution in [0.25, 0.3) is 0 Å². The summed E-state index contributed by atoms with van der Waals surface area (Å²) in [7, 11) is 0. The lowest BCUT2D eigenvalue weighted by Crippen LogP contribution is -2.48. The summed E-state index contributed by atoms with van der Waals surface area (Å²) in [5.74, 6) is -3.65. The Bertz CT molecular complexity index is 446. The van der Waals surface area contributed by atoms with Crippen LogP contribution < -0.4 is 11.5 Å². The molecular formula is C18H32N2O6. The van der Waals surface area contributed by atoms with Crippen molar-refractivity contribution in [3.8, 4) is 0 Å². The van der Waals surface area contributed by atoms with Crippen LogP contribution in [0.15, 0.2) is 0 Å². The van der Waals surface area contributed by atoms with E-state index in [4.69, 9.17) is 40.7 Å². The molecule has 2 spiro atoms. The smallest absolute Gasteiger partial charge is 0.414 e. The van der Waals surface area contributed by atoms with E-state index >= 15 is 0 Å². The average Bonchev–Trinajstić information content (AvgIpc) is 2.53. The number of carboxylic acid groups (broad SMARTS) is 2. The maximum Gasteiger partial charge on any atom is 0.414 e. The molecule has 6 N–H and O–H groups in total. The molecular weight excluding hydrogens is 340 g/mol. The molecule has 0 aromatic carbocycles. The van der Waals surface area contributed by atoms with Crippen LogP contribution in [0.1, 0.15) is 51.4 Å². The van der Waals surface area contributed by atoms with Crippen molar-refractivity contribution in [1.82, 2.24) is 0 Å². The van der Waals surface area contributed by atoms with Gasteiger partial charge in [0.2, 0.25) is 0 Å². The van der Waals surface area contributed by atoms with Crippen LogP contribution >= 0.6 is 0 Å². The summed E-state index contributed by atoms with van der Waals surface area (Å²) in [5, 5.41) is 14.8. The first kappa shape index (κ1) is 21.1. The standard InChI is InChI=1S/2C8H15NO.C2H2O4/c2*9-7-2-1-3-8(4-7)5-10-6-8;3-1(4)2(5)6/h2*7H,1-6,9H2;(H,3,4)(H,5,6). The third kappa shape index (κ3) is 5.90. The zero-order valence-corrected chi connectivity index (χ0v) is 15.3. The minimum absolute atomic E-state index is 0.456. The lowest BCUT2D eigenvalue weighted by Gasteiger charge is -2.46. The van der Waals surface area contributed by atoms with Crippen molar-refractivity contribution < 1.29 is 29.3 Å². The lowest BCUT2D eigenvalue weighted by molar-refractivity contribution is -0.159. The number of hydrogen-bond acceptors (Lipinski definition) is 6. The van der Waals surface area contributed by atoms with Crippen molar-refractivity contribution in [2.75, 3.05) is 26.4 Å². The summed E-state index contributed by atoms with van der Waals surface area (Å²) in [6.07, 6.45) is 10.2. The fraction of sp³-hybridized carbons (Fsp3) is 0.889. The summed E-state index contributed by atoms with van der Waals surface area (Å²) < 4.78 is 10.4. The predicted octanol–water partition coefficient (Wildman–Crippen LogP) is 0.964. The average molecular weight is 372 g/mol. The monoisotopic (exact) mass is 372 g/mol. The van der Waals surface area contributed by atoms with Gasteiger partial charge in [0.05, 0.1) is 26.4 Å². The van der Waals surface area contributed by atoms with Gasteiger partial charge in [0.1, 0.15) is 0 Å². The van der Waals surface area contributed by atoms with Crippen LogP contribution in [-0.2, 0) is 19.1 Å². The molecule has 150 valence electrons. The zero-order valence-electron chi connectivity index (χ0n) is 15.3. The maximum absolute atomic E-state index is 9.10. The van der Waals surface area contributed by atoms with Crippen molar-refractivity contribution >= 4 is 11.9 Å². The third-order valence-electron chi connectivity index (χ3n) is 5.77. The van der Waals surface area contributed by atoms with E-state index in [0.29, 0.717) is 22.9 Å². The second kappa shape index (κ2) is 9.12. The second-order valence-corrected chi connectivity index (χ2v) is 8.31. The minimum Gasteiger partial charge on any atom is -0.473 e. The summed E-state index contributed by atoms with van der Waals surface area (Å²) in [6.45, 7) is 3.89. The van der Waals surface area contributed by atoms with Gasteiger partial charge in [0.15, 0.2) is 0 Å². The molecule has 2 aliphatic heterocycles.